The molecule has 120 valence electrons. The van der Waals surface area contributed by atoms with Gasteiger partial charge in [-0.1, -0.05) is 72.4 Å². The lowest BCUT2D eigenvalue weighted by Crippen LogP contribution is -2.27. The van der Waals surface area contributed by atoms with Gasteiger partial charge in [-0.25, -0.2) is 0 Å². The van der Waals surface area contributed by atoms with Crippen LogP contribution in [0.5, 0.6) is 0 Å². The molecular weight excluding hydrogens is 324 g/mol. The molecule has 0 fully saturated rings. The maximum absolute atomic E-state index is 3.66. The third kappa shape index (κ3) is 2.44. The van der Waals surface area contributed by atoms with Crippen LogP contribution in [0, 0.1) is 0 Å². The highest BCUT2D eigenvalue weighted by molar-refractivity contribution is 7.99. The molecule has 0 amide bonds. The quantitative estimate of drug-likeness (QED) is 0.450. The monoisotopic (exact) mass is 340 g/mol. The van der Waals surface area contributed by atoms with Crippen LogP contribution in [0.4, 0.5) is 17.1 Å². The Morgan fingerprint density at radius 2 is 1.20 bits per heavy atom. The molecular formula is C22H16N2S. The fourth-order valence-electron chi connectivity index (χ4n) is 3.27. The van der Waals surface area contributed by atoms with E-state index in [9.17, 15) is 0 Å². The molecule has 0 aliphatic carbocycles. The predicted molar refractivity (Wildman–Crippen MR) is 107 cm³/mol. The molecule has 4 aromatic carbocycles. The molecule has 2 nitrogen and oxygen atoms in total. The third-order valence-electron chi connectivity index (χ3n) is 4.45. The van der Waals surface area contributed by atoms with Gasteiger partial charge in [0, 0.05) is 15.2 Å². The van der Waals surface area contributed by atoms with E-state index in [4.69, 9.17) is 0 Å². The van der Waals surface area contributed by atoms with Crippen LogP contribution < -0.4 is 10.4 Å². The lowest BCUT2D eigenvalue weighted by molar-refractivity contribution is 1.09. The molecule has 1 aliphatic rings. The summed E-state index contributed by atoms with van der Waals surface area (Å²) in [4.78, 5) is 2.52. The number of benzene rings is 4. The highest BCUT2D eigenvalue weighted by Gasteiger charge is 2.23. The van der Waals surface area contributed by atoms with E-state index in [1.807, 2.05) is 11.8 Å². The minimum atomic E-state index is 1.11. The Kier molecular flexibility index (Phi) is 3.39. The van der Waals surface area contributed by atoms with Crippen molar-refractivity contribution in [3.8, 4) is 0 Å². The summed E-state index contributed by atoms with van der Waals surface area (Å²) in [7, 11) is 0. The number of hydrazine groups is 1. The van der Waals surface area contributed by atoms with E-state index in [0.717, 1.165) is 5.69 Å². The molecule has 25 heavy (non-hydrogen) atoms. The zero-order valence-electron chi connectivity index (χ0n) is 13.5. The van der Waals surface area contributed by atoms with Crippen LogP contribution in [0.3, 0.4) is 0 Å². The van der Waals surface area contributed by atoms with Crippen molar-refractivity contribution in [1.82, 2.24) is 0 Å². The Morgan fingerprint density at radius 3 is 1.96 bits per heavy atom. The van der Waals surface area contributed by atoms with Crippen LogP contribution in [0.25, 0.3) is 10.8 Å². The van der Waals surface area contributed by atoms with Crippen LogP contribution in [-0.4, -0.2) is 0 Å². The van der Waals surface area contributed by atoms with Gasteiger partial charge in [-0.15, -0.1) is 0 Å². The lowest BCUT2D eigenvalue weighted by atomic mass is 10.1. The van der Waals surface area contributed by atoms with Gasteiger partial charge in [0.15, 0.2) is 0 Å². The summed E-state index contributed by atoms with van der Waals surface area (Å²) in [6.45, 7) is 0. The number of rotatable bonds is 2. The van der Waals surface area contributed by atoms with Crippen molar-refractivity contribution in [2.75, 3.05) is 10.4 Å². The van der Waals surface area contributed by atoms with Crippen LogP contribution in [0.15, 0.2) is 101 Å². The van der Waals surface area contributed by atoms with Gasteiger partial charge < -0.3 is 0 Å². The zero-order valence-corrected chi connectivity index (χ0v) is 14.3. The smallest absolute Gasteiger partial charge is 0.0770 e. The summed E-state index contributed by atoms with van der Waals surface area (Å²) >= 11 is 1.82. The van der Waals surface area contributed by atoms with Crippen LogP contribution in [0.1, 0.15) is 0 Å². The maximum atomic E-state index is 3.66. The maximum Gasteiger partial charge on any atom is 0.0770 e. The standard InChI is InChI=1S/C22H16N2S/c1-2-10-17-16(8-1)9-7-11-18(17)23-24-19-12-3-5-14-21(19)25-22-15-6-4-13-20(22)24/h1-15,23H. The first kappa shape index (κ1) is 14.4. The molecule has 0 unspecified atom stereocenters. The van der Waals surface area contributed by atoms with Gasteiger partial charge in [0.05, 0.1) is 17.1 Å². The Labute approximate surface area is 151 Å². The SMILES string of the molecule is c1ccc2c(c1)Sc1ccccc1N2Nc1cccc2ccccc12. The molecule has 3 heteroatoms. The Hall–Kier alpha value is -2.91. The van der Waals surface area contributed by atoms with Crippen molar-refractivity contribution < 1.29 is 0 Å². The summed E-state index contributed by atoms with van der Waals surface area (Å²) in [5.41, 5.74) is 7.12. The van der Waals surface area contributed by atoms with Crippen molar-refractivity contribution in [3.05, 3.63) is 91.0 Å². The van der Waals surface area contributed by atoms with Crippen LogP contribution in [0.2, 0.25) is 0 Å². The predicted octanol–water partition coefficient (Wildman–Crippen LogP) is 6.47. The van der Waals surface area contributed by atoms with Crippen LogP contribution in [-0.2, 0) is 0 Å². The first-order chi connectivity index (χ1) is 12.4. The lowest BCUT2D eigenvalue weighted by Gasteiger charge is -2.33. The molecule has 0 bridgehead atoms. The number of nitrogens with zero attached hydrogens (tertiary/aromatic N) is 1. The van der Waals surface area contributed by atoms with Gasteiger partial charge in [-0.05, 0) is 35.7 Å². The Morgan fingerprint density at radius 1 is 0.600 bits per heavy atom. The molecule has 0 radical (unpaired) electrons. The van der Waals surface area contributed by atoms with E-state index in [-0.39, 0.29) is 0 Å². The molecule has 1 N–H and O–H groups in total. The number of para-hydroxylation sites is 2. The molecule has 5 rings (SSSR count). The second-order valence-corrected chi connectivity index (χ2v) is 7.10. The average Bonchev–Trinajstić information content (AvgIpc) is 2.68. The van der Waals surface area contributed by atoms with Crippen molar-refractivity contribution in [2.24, 2.45) is 0 Å². The van der Waals surface area contributed by atoms with Crippen LogP contribution >= 0.6 is 11.8 Å². The molecule has 4 aromatic rings. The molecule has 0 aromatic heterocycles. The van der Waals surface area contributed by atoms with Crippen molar-refractivity contribution >= 4 is 39.6 Å². The highest BCUT2D eigenvalue weighted by atomic mass is 32.2. The van der Waals surface area contributed by atoms with E-state index in [1.165, 1.54) is 31.9 Å². The summed E-state index contributed by atoms with van der Waals surface area (Å²) in [6.07, 6.45) is 0. The normalized spacial score (nSPS) is 12.6. The minimum Gasteiger partial charge on any atom is -0.293 e. The van der Waals surface area contributed by atoms with Gasteiger partial charge in [-0.3, -0.25) is 10.4 Å². The Balaban J connectivity index is 1.66. The largest absolute Gasteiger partial charge is 0.293 e. The average molecular weight is 340 g/mol. The van der Waals surface area contributed by atoms with Gasteiger partial charge in [0.25, 0.3) is 0 Å². The van der Waals surface area contributed by atoms with E-state index >= 15 is 0 Å². The molecule has 0 saturated heterocycles. The third-order valence-corrected chi connectivity index (χ3v) is 5.58. The molecule has 0 spiro atoms. The van der Waals surface area contributed by atoms with Crippen molar-refractivity contribution in [1.29, 1.82) is 0 Å². The van der Waals surface area contributed by atoms with E-state index in [2.05, 4.69) is 101 Å². The van der Waals surface area contributed by atoms with E-state index in [1.54, 1.807) is 0 Å². The van der Waals surface area contributed by atoms with E-state index < -0.39 is 0 Å². The first-order valence-electron chi connectivity index (χ1n) is 8.31. The fraction of sp³-hybridized carbons (Fsp3) is 0. The van der Waals surface area contributed by atoms with Gasteiger partial charge in [-0.2, -0.15) is 0 Å². The summed E-state index contributed by atoms with van der Waals surface area (Å²) in [5, 5.41) is 4.65. The number of hydrogen-bond acceptors (Lipinski definition) is 3. The van der Waals surface area contributed by atoms with Gasteiger partial charge in [0.1, 0.15) is 0 Å². The number of nitrogens with one attached hydrogen (secondary N) is 1. The second kappa shape index (κ2) is 5.87. The van der Waals surface area contributed by atoms with Crippen molar-refractivity contribution in [2.45, 2.75) is 9.79 Å². The zero-order chi connectivity index (χ0) is 16.6. The second-order valence-electron chi connectivity index (χ2n) is 6.01. The molecule has 0 atom stereocenters. The number of fused-ring (bicyclic) bond motifs is 3. The minimum absolute atomic E-state index is 1.11. The molecule has 1 heterocycles. The summed E-state index contributed by atoms with van der Waals surface area (Å²) in [6, 6.07) is 31.9. The van der Waals surface area contributed by atoms with Crippen molar-refractivity contribution in [3.63, 3.8) is 0 Å². The van der Waals surface area contributed by atoms with Gasteiger partial charge >= 0.3 is 0 Å². The highest BCUT2D eigenvalue weighted by Crippen LogP contribution is 2.47. The number of anilines is 3. The molecule has 1 aliphatic heterocycles. The molecule has 0 saturated carbocycles. The van der Waals surface area contributed by atoms with E-state index in [0.29, 0.717) is 0 Å². The summed E-state index contributed by atoms with van der Waals surface area (Å²) in [5.74, 6) is 0. The number of hydrogen-bond donors (Lipinski definition) is 1. The summed E-state index contributed by atoms with van der Waals surface area (Å²) < 4.78 is 0. The first-order valence-corrected chi connectivity index (χ1v) is 9.12. The Bertz CT molecular complexity index is 1020. The van der Waals surface area contributed by atoms with Gasteiger partial charge in [0.2, 0.25) is 0 Å². The topological polar surface area (TPSA) is 15.3 Å². The fourth-order valence-corrected chi connectivity index (χ4v) is 4.33.